The van der Waals surface area contributed by atoms with Crippen LogP contribution in [0.4, 0.5) is 0 Å². The SMILES string of the molecule is CC1CN(C(N)=NC2CC2)CC1C. The van der Waals surface area contributed by atoms with Crippen LogP contribution >= 0.6 is 0 Å². The number of guanidine groups is 1. The zero-order valence-corrected chi connectivity index (χ0v) is 8.53. The molecule has 3 heteroatoms. The van der Waals surface area contributed by atoms with Gasteiger partial charge in [-0.3, -0.25) is 0 Å². The Morgan fingerprint density at radius 2 is 1.77 bits per heavy atom. The molecule has 2 fully saturated rings. The maximum atomic E-state index is 5.92. The first-order valence-corrected chi connectivity index (χ1v) is 5.25. The van der Waals surface area contributed by atoms with Crippen molar-refractivity contribution in [3.63, 3.8) is 0 Å². The van der Waals surface area contributed by atoms with Crippen LogP contribution in [0.3, 0.4) is 0 Å². The maximum absolute atomic E-state index is 5.92. The lowest BCUT2D eigenvalue weighted by molar-refractivity contribution is 0.486. The molecule has 1 heterocycles. The molecule has 0 radical (unpaired) electrons. The van der Waals surface area contributed by atoms with Gasteiger partial charge in [-0.1, -0.05) is 13.8 Å². The van der Waals surface area contributed by atoms with Crippen LogP contribution in [0.1, 0.15) is 26.7 Å². The van der Waals surface area contributed by atoms with Crippen molar-refractivity contribution in [3.05, 3.63) is 0 Å². The average Bonchev–Trinajstić information content (AvgIpc) is 2.81. The Morgan fingerprint density at radius 1 is 1.23 bits per heavy atom. The van der Waals surface area contributed by atoms with Crippen LogP contribution in [0.25, 0.3) is 0 Å². The summed E-state index contributed by atoms with van der Waals surface area (Å²) in [6, 6.07) is 0.547. The van der Waals surface area contributed by atoms with Gasteiger partial charge < -0.3 is 10.6 Å². The van der Waals surface area contributed by atoms with Gasteiger partial charge >= 0.3 is 0 Å². The molecular weight excluding hydrogens is 162 g/mol. The highest BCUT2D eigenvalue weighted by Gasteiger charge is 2.28. The lowest BCUT2D eigenvalue weighted by atomic mass is 10.0. The largest absolute Gasteiger partial charge is 0.370 e. The van der Waals surface area contributed by atoms with Crippen LogP contribution in [-0.2, 0) is 0 Å². The van der Waals surface area contributed by atoms with Crippen molar-refractivity contribution < 1.29 is 0 Å². The van der Waals surface area contributed by atoms with E-state index >= 15 is 0 Å². The van der Waals surface area contributed by atoms with Crippen LogP contribution < -0.4 is 5.73 Å². The van der Waals surface area contributed by atoms with Gasteiger partial charge in [0.05, 0.1) is 6.04 Å². The lowest BCUT2D eigenvalue weighted by Gasteiger charge is -2.16. The molecule has 0 amide bonds. The molecule has 2 atom stereocenters. The molecule has 0 aromatic rings. The van der Waals surface area contributed by atoms with Crippen LogP contribution in [0, 0.1) is 11.8 Å². The summed E-state index contributed by atoms with van der Waals surface area (Å²) in [6.45, 7) is 6.75. The van der Waals surface area contributed by atoms with Crippen molar-refractivity contribution in [1.82, 2.24) is 4.90 Å². The number of likely N-dealkylation sites (tertiary alicyclic amines) is 1. The number of nitrogens with two attached hydrogens (primary N) is 1. The third-order valence-corrected chi connectivity index (χ3v) is 3.17. The Morgan fingerprint density at radius 3 is 2.23 bits per heavy atom. The van der Waals surface area contributed by atoms with E-state index in [1.54, 1.807) is 0 Å². The van der Waals surface area contributed by atoms with Crippen molar-refractivity contribution >= 4 is 5.96 Å². The molecule has 1 saturated carbocycles. The summed E-state index contributed by atoms with van der Waals surface area (Å²) < 4.78 is 0. The fourth-order valence-electron chi connectivity index (χ4n) is 1.79. The standard InChI is InChI=1S/C10H19N3/c1-7-5-13(6-8(7)2)10(11)12-9-3-4-9/h7-9H,3-6H2,1-2H3,(H2,11,12). The number of nitrogens with zero attached hydrogens (tertiary/aromatic N) is 2. The van der Waals surface area contributed by atoms with Gasteiger partial charge in [0.1, 0.15) is 0 Å². The molecule has 0 aromatic heterocycles. The number of hydrogen-bond acceptors (Lipinski definition) is 1. The van der Waals surface area contributed by atoms with Gasteiger partial charge in [0.25, 0.3) is 0 Å². The maximum Gasteiger partial charge on any atom is 0.191 e. The van der Waals surface area contributed by atoms with Gasteiger partial charge in [0, 0.05) is 13.1 Å². The normalized spacial score (nSPS) is 35.5. The molecule has 1 saturated heterocycles. The average molecular weight is 181 g/mol. The van der Waals surface area contributed by atoms with E-state index in [4.69, 9.17) is 5.73 Å². The minimum atomic E-state index is 0.547. The Kier molecular flexibility index (Phi) is 2.18. The van der Waals surface area contributed by atoms with Crippen molar-refractivity contribution in [1.29, 1.82) is 0 Å². The first-order valence-electron chi connectivity index (χ1n) is 5.25. The summed E-state index contributed by atoms with van der Waals surface area (Å²) >= 11 is 0. The highest BCUT2D eigenvalue weighted by atomic mass is 15.3. The summed E-state index contributed by atoms with van der Waals surface area (Å²) in [7, 11) is 0. The number of rotatable bonds is 1. The highest BCUT2D eigenvalue weighted by Crippen LogP contribution is 2.25. The van der Waals surface area contributed by atoms with Crippen molar-refractivity contribution in [2.24, 2.45) is 22.6 Å². The van der Waals surface area contributed by atoms with Crippen molar-refractivity contribution in [3.8, 4) is 0 Å². The molecule has 1 aliphatic carbocycles. The van der Waals surface area contributed by atoms with Gasteiger partial charge in [-0.15, -0.1) is 0 Å². The van der Waals surface area contributed by atoms with E-state index in [1.165, 1.54) is 12.8 Å². The number of hydrogen-bond donors (Lipinski definition) is 1. The molecule has 2 rings (SSSR count). The second-order valence-electron chi connectivity index (χ2n) is 4.58. The Balaban J connectivity index is 1.93. The summed E-state index contributed by atoms with van der Waals surface area (Å²) in [4.78, 5) is 6.69. The molecule has 13 heavy (non-hydrogen) atoms. The van der Waals surface area contributed by atoms with E-state index in [9.17, 15) is 0 Å². The van der Waals surface area contributed by atoms with Gasteiger partial charge in [-0.2, -0.15) is 0 Å². The van der Waals surface area contributed by atoms with Crippen LogP contribution in [0.15, 0.2) is 4.99 Å². The van der Waals surface area contributed by atoms with E-state index in [-0.39, 0.29) is 0 Å². The Bertz CT molecular complexity index is 210. The topological polar surface area (TPSA) is 41.6 Å². The van der Waals surface area contributed by atoms with E-state index in [2.05, 4.69) is 23.7 Å². The monoisotopic (exact) mass is 181 g/mol. The van der Waals surface area contributed by atoms with Crippen LogP contribution in [0.2, 0.25) is 0 Å². The molecule has 2 unspecified atom stereocenters. The second-order valence-corrected chi connectivity index (χ2v) is 4.58. The Labute approximate surface area is 80.0 Å². The van der Waals surface area contributed by atoms with E-state index in [1.807, 2.05) is 0 Å². The number of aliphatic imine (C=N–C) groups is 1. The molecule has 3 nitrogen and oxygen atoms in total. The van der Waals surface area contributed by atoms with Gasteiger partial charge in [0.2, 0.25) is 0 Å². The minimum Gasteiger partial charge on any atom is -0.370 e. The summed E-state index contributed by atoms with van der Waals surface area (Å²) in [5.74, 6) is 2.29. The van der Waals surface area contributed by atoms with Crippen LogP contribution in [0.5, 0.6) is 0 Å². The van der Waals surface area contributed by atoms with Crippen molar-refractivity contribution in [2.45, 2.75) is 32.7 Å². The predicted molar refractivity (Wildman–Crippen MR) is 54.5 cm³/mol. The van der Waals surface area contributed by atoms with E-state index < -0.39 is 0 Å². The third-order valence-electron chi connectivity index (χ3n) is 3.17. The molecule has 1 aliphatic heterocycles. The zero-order valence-electron chi connectivity index (χ0n) is 8.53. The van der Waals surface area contributed by atoms with E-state index in [0.29, 0.717) is 6.04 Å². The molecule has 0 bridgehead atoms. The lowest BCUT2D eigenvalue weighted by Crippen LogP contribution is -2.36. The third kappa shape index (κ3) is 1.95. The summed E-state index contributed by atoms with van der Waals surface area (Å²) in [6.07, 6.45) is 2.47. The van der Waals surface area contributed by atoms with Crippen LogP contribution in [-0.4, -0.2) is 30.0 Å². The molecule has 2 N–H and O–H groups in total. The Hall–Kier alpha value is -0.730. The highest BCUT2D eigenvalue weighted by molar-refractivity contribution is 5.78. The first kappa shape index (κ1) is 8.85. The second kappa shape index (κ2) is 3.20. The fraction of sp³-hybridized carbons (Fsp3) is 0.900. The predicted octanol–water partition coefficient (Wildman–Crippen LogP) is 1.05. The molecular formula is C10H19N3. The molecule has 2 aliphatic rings. The first-order chi connectivity index (χ1) is 6.16. The molecule has 0 aromatic carbocycles. The van der Waals surface area contributed by atoms with Gasteiger partial charge in [-0.25, -0.2) is 4.99 Å². The van der Waals surface area contributed by atoms with Crippen molar-refractivity contribution in [2.75, 3.05) is 13.1 Å². The zero-order chi connectivity index (χ0) is 9.42. The smallest absolute Gasteiger partial charge is 0.191 e. The summed E-state index contributed by atoms with van der Waals surface area (Å²) in [5, 5.41) is 0. The van der Waals surface area contributed by atoms with Gasteiger partial charge in [0.15, 0.2) is 5.96 Å². The summed E-state index contributed by atoms with van der Waals surface area (Å²) in [5.41, 5.74) is 5.92. The molecule has 0 spiro atoms. The quantitative estimate of drug-likeness (QED) is 0.485. The fourth-order valence-corrected chi connectivity index (χ4v) is 1.79. The molecule has 74 valence electrons. The van der Waals surface area contributed by atoms with E-state index in [0.717, 1.165) is 30.9 Å². The minimum absolute atomic E-state index is 0.547. The van der Waals surface area contributed by atoms with Gasteiger partial charge in [-0.05, 0) is 24.7 Å².